The van der Waals surface area contributed by atoms with Crippen molar-refractivity contribution in [3.8, 4) is 16.3 Å². The van der Waals surface area contributed by atoms with Gasteiger partial charge in [-0.25, -0.2) is 0 Å². The summed E-state index contributed by atoms with van der Waals surface area (Å²) in [5, 5.41) is 22.7. The molecule has 1 fully saturated rings. The Kier molecular flexibility index (Phi) is 6.91. The number of benzene rings is 1. The van der Waals surface area contributed by atoms with Crippen molar-refractivity contribution in [2.75, 3.05) is 47.6 Å². The minimum atomic E-state index is -4.95. The van der Waals surface area contributed by atoms with Crippen LogP contribution in [0.2, 0.25) is 0 Å². The van der Waals surface area contributed by atoms with Crippen molar-refractivity contribution in [2.24, 2.45) is 0 Å². The van der Waals surface area contributed by atoms with Crippen LogP contribution in [0.4, 0.5) is 35.5 Å². The van der Waals surface area contributed by atoms with Crippen LogP contribution < -0.4 is 25.2 Å². The van der Waals surface area contributed by atoms with Crippen LogP contribution in [-0.2, 0) is 4.79 Å². The minimum Gasteiger partial charge on any atom is -0.403 e. The number of nitrogens with zero attached hydrogens (tertiary/aromatic N) is 6. The summed E-state index contributed by atoms with van der Waals surface area (Å²) in [6.07, 6.45) is -2.54. The molecule has 2 aromatic heterocycles. The summed E-state index contributed by atoms with van der Waals surface area (Å²) in [6, 6.07) is 6.68. The lowest BCUT2D eigenvalue weighted by Gasteiger charge is -2.22. The molecule has 4 rings (SSSR count). The van der Waals surface area contributed by atoms with Crippen molar-refractivity contribution in [3.05, 3.63) is 30.5 Å². The van der Waals surface area contributed by atoms with E-state index in [1.54, 1.807) is 20.3 Å². The van der Waals surface area contributed by atoms with Crippen LogP contribution in [-0.4, -0.2) is 65.9 Å². The van der Waals surface area contributed by atoms with Crippen molar-refractivity contribution in [2.45, 2.75) is 25.7 Å². The van der Waals surface area contributed by atoms with E-state index in [2.05, 4.69) is 40.7 Å². The molecule has 35 heavy (non-hydrogen) atoms. The average molecular weight is 509 g/mol. The number of alkyl halides is 3. The third kappa shape index (κ3) is 5.88. The topological polar surface area (TPSA) is 108 Å². The van der Waals surface area contributed by atoms with Crippen molar-refractivity contribution in [3.63, 3.8) is 0 Å². The Morgan fingerprint density at radius 3 is 2.69 bits per heavy atom. The molecule has 3 aromatic rings. The fourth-order valence-corrected chi connectivity index (χ4v) is 4.63. The zero-order valence-electron chi connectivity index (χ0n) is 19.1. The first-order valence-electron chi connectivity index (χ1n) is 10.6. The zero-order valence-corrected chi connectivity index (χ0v) is 19.9. The van der Waals surface area contributed by atoms with Gasteiger partial charge in [0.1, 0.15) is 0 Å². The van der Waals surface area contributed by atoms with E-state index < -0.39 is 18.0 Å². The number of anilines is 4. The molecule has 3 heterocycles. The molecule has 0 saturated carbocycles. The van der Waals surface area contributed by atoms with E-state index in [0.29, 0.717) is 11.7 Å². The molecule has 1 aromatic carbocycles. The van der Waals surface area contributed by atoms with Gasteiger partial charge in [-0.05, 0) is 30.7 Å². The van der Waals surface area contributed by atoms with Crippen LogP contribution >= 0.6 is 11.3 Å². The van der Waals surface area contributed by atoms with Crippen LogP contribution in [0, 0.1) is 0 Å². The van der Waals surface area contributed by atoms with Crippen molar-refractivity contribution in [1.82, 2.24) is 20.4 Å². The van der Waals surface area contributed by atoms with Crippen molar-refractivity contribution < 1.29 is 22.7 Å². The number of hydrogen-bond donors (Lipinski definition) is 2. The van der Waals surface area contributed by atoms with E-state index >= 15 is 0 Å². The lowest BCUT2D eigenvalue weighted by Crippen LogP contribution is -2.26. The highest BCUT2D eigenvalue weighted by atomic mass is 32.1. The predicted molar refractivity (Wildman–Crippen MR) is 127 cm³/mol. The molecular formula is C21H23F3N8O2S. The minimum absolute atomic E-state index is 0.00174. The van der Waals surface area contributed by atoms with Crippen LogP contribution in [0.1, 0.15) is 13.3 Å². The molecular weight excluding hydrogens is 485 g/mol. The Morgan fingerprint density at radius 2 is 2.03 bits per heavy atom. The summed E-state index contributed by atoms with van der Waals surface area (Å²) in [6.45, 7) is 2.69. The normalized spacial score (nSPS) is 15.7. The highest BCUT2D eigenvalue weighted by molar-refractivity contribution is 7.18. The third-order valence-electron chi connectivity index (χ3n) is 5.18. The Morgan fingerprint density at radius 1 is 1.23 bits per heavy atom. The molecule has 1 amide bonds. The number of ether oxygens (including phenoxy) is 1. The molecule has 1 atom stereocenters. The molecule has 0 spiro atoms. The van der Waals surface area contributed by atoms with E-state index in [4.69, 9.17) is 0 Å². The van der Waals surface area contributed by atoms with E-state index in [9.17, 15) is 18.0 Å². The lowest BCUT2D eigenvalue weighted by atomic mass is 10.1. The Hall–Kier alpha value is -3.68. The molecule has 1 aliphatic rings. The van der Waals surface area contributed by atoms with Crippen LogP contribution in [0.5, 0.6) is 5.75 Å². The lowest BCUT2D eigenvalue weighted by molar-refractivity contribution is -0.274. The van der Waals surface area contributed by atoms with Crippen LogP contribution in [0.25, 0.3) is 10.6 Å². The molecule has 0 radical (unpaired) electrons. The fraction of sp³-hybridized carbons (Fsp3) is 0.381. The summed E-state index contributed by atoms with van der Waals surface area (Å²) in [7, 11) is 3.19. The fourth-order valence-electron chi connectivity index (χ4n) is 3.75. The summed E-state index contributed by atoms with van der Waals surface area (Å²) in [5.74, 6) is -0.143. The predicted octanol–water partition coefficient (Wildman–Crippen LogP) is 3.61. The van der Waals surface area contributed by atoms with Gasteiger partial charge in [-0.1, -0.05) is 11.3 Å². The van der Waals surface area contributed by atoms with Crippen molar-refractivity contribution in [1.29, 1.82) is 0 Å². The second kappa shape index (κ2) is 9.90. The second-order valence-corrected chi connectivity index (χ2v) is 9.01. The average Bonchev–Trinajstić information content (AvgIpc) is 3.43. The molecule has 14 heteroatoms. The van der Waals surface area contributed by atoms with Gasteiger partial charge >= 0.3 is 6.36 Å². The number of hydrogen-bond acceptors (Lipinski definition) is 10. The van der Waals surface area contributed by atoms with Gasteiger partial charge in [0.25, 0.3) is 0 Å². The van der Waals surface area contributed by atoms with E-state index in [-0.39, 0.29) is 28.0 Å². The first-order valence-corrected chi connectivity index (χ1v) is 11.4. The SMILES string of the molecule is CC(=O)Nc1ccc(N(C)C)c(OC(F)(F)F)c1-c1nnc(N[C@@H]2CCN(c3cccnn3)C2)s1. The molecule has 0 bridgehead atoms. The van der Waals surface area contributed by atoms with Gasteiger partial charge in [-0.2, -0.15) is 5.10 Å². The maximum absolute atomic E-state index is 13.3. The summed E-state index contributed by atoms with van der Waals surface area (Å²) >= 11 is 1.07. The van der Waals surface area contributed by atoms with Gasteiger partial charge in [-0.15, -0.1) is 28.5 Å². The zero-order chi connectivity index (χ0) is 25.2. The summed E-state index contributed by atoms with van der Waals surface area (Å²) in [5.41, 5.74) is 0.313. The molecule has 0 unspecified atom stereocenters. The van der Waals surface area contributed by atoms with Gasteiger partial charge in [0.2, 0.25) is 11.0 Å². The number of halogens is 3. The molecule has 0 aliphatic carbocycles. The first-order chi connectivity index (χ1) is 16.6. The molecule has 1 saturated heterocycles. The number of rotatable bonds is 7. The van der Waals surface area contributed by atoms with E-state index in [1.807, 2.05) is 12.1 Å². The number of amides is 1. The van der Waals surface area contributed by atoms with E-state index in [1.165, 1.54) is 24.0 Å². The highest BCUT2D eigenvalue weighted by Gasteiger charge is 2.36. The summed E-state index contributed by atoms with van der Waals surface area (Å²) in [4.78, 5) is 15.3. The van der Waals surface area contributed by atoms with Gasteiger partial charge in [0.15, 0.2) is 16.6 Å². The van der Waals surface area contributed by atoms with Crippen LogP contribution in [0.15, 0.2) is 30.5 Å². The monoisotopic (exact) mass is 508 g/mol. The largest absolute Gasteiger partial charge is 0.573 e. The molecule has 10 nitrogen and oxygen atoms in total. The number of carbonyl (C=O) groups excluding carboxylic acids is 1. The quantitative estimate of drug-likeness (QED) is 0.495. The van der Waals surface area contributed by atoms with Crippen LogP contribution in [0.3, 0.4) is 0 Å². The molecule has 1 aliphatic heterocycles. The number of carbonyl (C=O) groups is 1. The van der Waals surface area contributed by atoms with Gasteiger partial charge < -0.3 is 25.2 Å². The maximum Gasteiger partial charge on any atom is 0.573 e. The van der Waals surface area contributed by atoms with Gasteiger partial charge in [-0.3, -0.25) is 4.79 Å². The molecule has 2 N–H and O–H groups in total. The summed E-state index contributed by atoms with van der Waals surface area (Å²) < 4.78 is 44.4. The van der Waals surface area contributed by atoms with Gasteiger partial charge in [0.05, 0.1) is 16.9 Å². The highest BCUT2D eigenvalue weighted by Crippen LogP contribution is 2.46. The number of nitrogens with one attached hydrogen (secondary N) is 2. The van der Waals surface area contributed by atoms with Gasteiger partial charge in [0, 0.05) is 46.3 Å². The second-order valence-electron chi connectivity index (χ2n) is 8.03. The standard InChI is InChI=1S/C21H23F3N8O2S/c1-12(33)26-14-6-7-15(31(2)3)18(34-21(22,23)24)17(14)19-29-30-20(35-19)27-13-8-10-32(11-13)16-5-4-9-25-28-16/h4-7,9,13H,8,10-11H2,1-3H3,(H,26,33)(H,27,30)/t13-/m1/s1. The van der Waals surface area contributed by atoms with Crippen molar-refractivity contribution >= 4 is 39.6 Å². The third-order valence-corrected chi connectivity index (χ3v) is 6.06. The Labute approximate surface area is 203 Å². The Bertz CT molecular complexity index is 1190. The maximum atomic E-state index is 13.3. The number of aromatic nitrogens is 4. The Balaban J connectivity index is 1.64. The smallest absolute Gasteiger partial charge is 0.403 e. The molecule has 186 valence electrons. The first kappa shape index (κ1) is 24.4. The van der Waals surface area contributed by atoms with E-state index in [0.717, 1.165) is 30.1 Å².